The predicted molar refractivity (Wildman–Crippen MR) is 74.1 cm³/mol. The number of sulfonamides is 1. The van der Waals surface area contributed by atoms with Crippen LogP contribution in [0.5, 0.6) is 0 Å². The van der Waals surface area contributed by atoms with Crippen LogP contribution in [0.15, 0.2) is 23.1 Å². The Kier molecular flexibility index (Phi) is 5.20. The van der Waals surface area contributed by atoms with Crippen LogP contribution < -0.4 is 0 Å². The van der Waals surface area contributed by atoms with Crippen molar-refractivity contribution in [3.63, 3.8) is 0 Å². The number of hydrogen-bond donors (Lipinski definition) is 0. The maximum absolute atomic E-state index is 12.2. The van der Waals surface area contributed by atoms with Crippen molar-refractivity contribution in [2.24, 2.45) is 0 Å². The average Bonchev–Trinajstić information content (AvgIpc) is 2.35. The first-order chi connectivity index (χ1) is 8.43. The van der Waals surface area contributed by atoms with Crippen LogP contribution in [0.3, 0.4) is 0 Å². The van der Waals surface area contributed by atoms with Crippen LogP contribution in [0.25, 0.3) is 0 Å². The Morgan fingerprint density at radius 3 is 2.61 bits per heavy atom. The molecule has 0 aliphatic heterocycles. The molecule has 6 heteroatoms. The minimum Gasteiger partial charge on any atom is -0.207 e. The van der Waals surface area contributed by atoms with E-state index in [1.807, 2.05) is 12.3 Å². The zero-order valence-corrected chi connectivity index (χ0v) is 12.3. The number of hydrogen-bond acceptors (Lipinski definition) is 4. The molecule has 1 aromatic carbocycles. The van der Waals surface area contributed by atoms with Crippen molar-refractivity contribution in [3.8, 4) is 6.07 Å². The Morgan fingerprint density at radius 2 is 2.11 bits per heavy atom. The summed E-state index contributed by atoms with van der Waals surface area (Å²) in [5, 5.41) is 8.82. The minimum absolute atomic E-state index is 0.239. The van der Waals surface area contributed by atoms with E-state index in [2.05, 4.69) is 0 Å². The van der Waals surface area contributed by atoms with Crippen LogP contribution in [-0.4, -0.2) is 38.3 Å². The van der Waals surface area contributed by atoms with E-state index in [0.29, 0.717) is 17.7 Å². The van der Waals surface area contributed by atoms with E-state index in [4.69, 9.17) is 5.26 Å². The van der Waals surface area contributed by atoms with E-state index in [-0.39, 0.29) is 4.90 Å². The van der Waals surface area contributed by atoms with E-state index < -0.39 is 10.0 Å². The number of nitrogens with zero attached hydrogens (tertiary/aromatic N) is 2. The van der Waals surface area contributed by atoms with Gasteiger partial charge in [0, 0.05) is 19.3 Å². The molecule has 0 atom stereocenters. The average molecular weight is 284 g/mol. The molecule has 0 spiro atoms. The Labute approximate surface area is 113 Å². The van der Waals surface area contributed by atoms with Crippen LogP contribution in [0, 0.1) is 18.3 Å². The van der Waals surface area contributed by atoms with E-state index in [9.17, 15) is 8.42 Å². The van der Waals surface area contributed by atoms with Gasteiger partial charge in [-0.25, -0.2) is 12.7 Å². The molecule has 0 radical (unpaired) electrons. The number of aryl methyl sites for hydroxylation is 1. The standard InChI is InChI=1S/C12H16N2O2S2/c1-10-8-12(5-4-11(10)9-13)18(15,16)14(2)6-7-17-3/h4-5,8H,6-7H2,1-3H3. The Balaban J connectivity index is 3.06. The fraction of sp³-hybridized carbons (Fsp3) is 0.417. The fourth-order valence-corrected chi connectivity index (χ4v) is 3.27. The molecule has 0 aliphatic rings. The van der Waals surface area contributed by atoms with Gasteiger partial charge in [-0.1, -0.05) is 0 Å². The van der Waals surface area contributed by atoms with Gasteiger partial charge < -0.3 is 0 Å². The Bertz CT molecular complexity index is 562. The third kappa shape index (κ3) is 3.25. The van der Waals surface area contributed by atoms with Crippen molar-refractivity contribution in [2.75, 3.05) is 25.6 Å². The number of thioether (sulfide) groups is 1. The van der Waals surface area contributed by atoms with Crippen LogP contribution in [0.2, 0.25) is 0 Å². The normalized spacial score (nSPS) is 11.5. The smallest absolute Gasteiger partial charge is 0.207 e. The molecule has 0 amide bonds. The van der Waals surface area contributed by atoms with Gasteiger partial charge in [0.15, 0.2) is 0 Å². The van der Waals surface area contributed by atoms with Crippen molar-refractivity contribution < 1.29 is 8.42 Å². The summed E-state index contributed by atoms with van der Waals surface area (Å²) in [6.07, 6.45) is 1.94. The van der Waals surface area contributed by atoms with Crippen molar-refractivity contribution in [2.45, 2.75) is 11.8 Å². The number of rotatable bonds is 5. The van der Waals surface area contributed by atoms with Gasteiger partial charge >= 0.3 is 0 Å². The molecule has 18 heavy (non-hydrogen) atoms. The Morgan fingerprint density at radius 1 is 1.44 bits per heavy atom. The second kappa shape index (κ2) is 6.23. The highest BCUT2D eigenvalue weighted by Gasteiger charge is 2.20. The second-order valence-electron chi connectivity index (χ2n) is 3.91. The highest BCUT2D eigenvalue weighted by Crippen LogP contribution is 2.18. The molecule has 1 rings (SSSR count). The molecular formula is C12H16N2O2S2. The Hall–Kier alpha value is -1.03. The summed E-state index contributed by atoms with van der Waals surface area (Å²) in [7, 11) is -1.88. The SMILES string of the molecule is CSCCN(C)S(=O)(=O)c1ccc(C#N)c(C)c1. The van der Waals surface area contributed by atoms with Gasteiger partial charge in [0.2, 0.25) is 10.0 Å². The van der Waals surface area contributed by atoms with Crippen molar-refractivity contribution >= 4 is 21.8 Å². The molecule has 0 heterocycles. The van der Waals surface area contributed by atoms with Gasteiger partial charge in [0.05, 0.1) is 16.5 Å². The summed E-state index contributed by atoms with van der Waals surface area (Å²) in [5.41, 5.74) is 1.18. The van der Waals surface area contributed by atoms with E-state index in [1.165, 1.54) is 10.4 Å². The first-order valence-electron chi connectivity index (χ1n) is 5.39. The lowest BCUT2D eigenvalue weighted by atomic mass is 10.1. The molecule has 98 valence electrons. The fourth-order valence-electron chi connectivity index (χ4n) is 1.44. The molecule has 0 N–H and O–H groups in total. The molecule has 0 aliphatic carbocycles. The number of benzene rings is 1. The molecule has 0 saturated carbocycles. The molecule has 0 bridgehead atoms. The van der Waals surface area contributed by atoms with Gasteiger partial charge in [0.25, 0.3) is 0 Å². The van der Waals surface area contributed by atoms with Gasteiger partial charge in [-0.05, 0) is 36.9 Å². The second-order valence-corrected chi connectivity index (χ2v) is 6.94. The largest absolute Gasteiger partial charge is 0.242 e. The minimum atomic E-state index is -3.45. The maximum atomic E-state index is 12.2. The van der Waals surface area contributed by atoms with E-state index in [1.54, 1.807) is 37.9 Å². The predicted octanol–water partition coefficient (Wildman–Crippen LogP) is 1.85. The summed E-state index contributed by atoms with van der Waals surface area (Å²) < 4.78 is 25.8. The van der Waals surface area contributed by atoms with Crippen molar-refractivity contribution in [3.05, 3.63) is 29.3 Å². The third-order valence-corrected chi connectivity index (χ3v) is 5.08. The molecule has 0 saturated heterocycles. The zero-order valence-electron chi connectivity index (χ0n) is 10.7. The molecule has 0 fully saturated rings. The van der Waals surface area contributed by atoms with Gasteiger partial charge in [0.1, 0.15) is 0 Å². The van der Waals surface area contributed by atoms with Gasteiger partial charge in [-0.2, -0.15) is 17.0 Å². The quantitative estimate of drug-likeness (QED) is 0.828. The lowest BCUT2D eigenvalue weighted by Gasteiger charge is -2.17. The molecule has 0 unspecified atom stereocenters. The highest BCUT2D eigenvalue weighted by atomic mass is 32.2. The van der Waals surface area contributed by atoms with E-state index in [0.717, 1.165) is 5.75 Å². The third-order valence-electron chi connectivity index (χ3n) is 2.64. The van der Waals surface area contributed by atoms with Crippen LogP contribution in [-0.2, 0) is 10.0 Å². The molecular weight excluding hydrogens is 268 g/mol. The van der Waals surface area contributed by atoms with Crippen LogP contribution in [0.4, 0.5) is 0 Å². The summed E-state index contributed by atoms with van der Waals surface area (Å²) in [4.78, 5) is 0.239. The first kappa shape index (κ1) is 15.0. The molecule has 4 nitrogen and oxygen atoms in total. The van der Waals surface area contributed by atoms with Crippen LogP contribution in [0.1, 0.15) is 11.1 Å². The van der Waals surface area contributed by atoms with Crippen molar-refractivity contribution in [1.82, 2.24) is 4.31 Å². The summed E-state index contributed by atoms with van der Waals surface area (Å²) in [5.74, 6) is 0.755. The zero-order chi connectivity index (χ0) is 13.8. The molecule has 0 aromatic heterocycles. The first-order valence-corrected chi connectivity index (χ1v) is 8.23. The summed E-state index contributed by atoms with van der Waals surface area (Å²) in [6.45, 7) is 2.21. The lowest BCUT2D eigenvalue weighted by molar-refractivity contribution is 0.488. The molecule has 1 aromatic rings. The number of nitriles is 1. The van der Waals surface area contributed by atoms with E-state index >= 15 is 0 Å². The highest BCUT2D eigenvalue weighted by molar-refractivity contribution is 7.98. The topological polar surface area (TPSA) is 61.2 Å². The summed E-state index contributed by atoms with van der Waals surface area (Å²) in [6, 6.07) is 6.60. The van der Waals surface area contributed by atoms with Crippen LogP contribution >= 0.6 is 11.8 Å². The van der Waals surface area contributed by atoms with Gasteiger partial charge in [-0.15, -0.1) is 0 Å². The van der Waals surface area contributed by atoms with Gasteiger partial charge in [-0.3, -0.25) is 0 Å². The van der Waals surface area contributed by atoms with Crippen molar-refractivity contribution in [1.29, 1.82) is 5.26 Å². The summed E-state index contributed by atoms with van der Waals surface area (Å²) >= 11 is 1.60. The monoisotopic (exact) mass is 284 g/mol. The lowest BCUT2D eigenvalue weighted by Crippen LogP contribution is -2.29. The maximum Gasteiger partial charge on any atom is 0.242 e.